The quantitative estimate of drug-likeness (QED) is 0.723. The summed E-state index contributed by atoms with van der Waals surface area (Å²) < 4.78 is 1.07. The monoisotopic (exact) mass is 318 g/mol. The van der Waals surface area contributed by atoms with E-state index in [4.69, 9.17) is 0 Å². The van der Waals surface area contributed by atoms with Gasteiger partial charge in [0.05, 0.1) is 0 Å². The summed E-state index contributed by atoms with van der Waals surface area (Å²) in [7, 11) is 0. The molecule has 0 bridgehead atoms. The third kappa shape index (κ3) is 2.21. The van der Waals surface area contributed by atoms with E-state index in [2.05, 4.69) is 28.1 Å². The lowest BCUT2D eigenvalue weighted by atomic mass is 10.0. The predicted molar refractivity (Wildman–Crippen MR) is 80.0 cm³/mol. The molecule has 0 radical (unpaired) electrons. The van der Waals surface area contributed by atoms with E-state index in [9.17, 15) is 5.11 Å². The molecule has 3 rings (SSSR count). The third-order valence-electron chi connectivity index (χ3n) is 2.95. The summed E-state index contributed by atoms with van der Waals surface area (Å²) in [5, 5.41) is 14.6. The van der Waals surface area contributed by atoms with E-state index in [0.717, 1.165) is 20.3 Å². The Kier molecular flexibility index (Phi) is 3.20. The SMILES string of the molecule is OC(c1ccc2cc(Br)ccc2c1)c1cccs1. The van der Waals surface area contributed by atoms with E-state index in [1.54, 1.807) is 11.3 Å². The van der Waals surface area contributed by atoms with Gasteiger partial charge >= 0.3 is 0 Å². The Morgan fingerprint density at radius 3 is 2.56 bits per heavy atom. The second kappa shape index (κ2) is 4.84. The summed E-state index contributed by atoms with van der Waals surface area (Å²) in [6.07, 6.45) is -0.530. The largest absolute Gasteiger partial charge is 0.383 e. The number of halogens is 1. The highest BCUT2D eigenvalue weighted by molar-refractivity contribution is 9.10. The molecule has 0 saturated carbocycles. The molecular weight excluding hydrogens is 308 g/mol. The molecule has 0 spiro atoms. The highest BCUT2D eigenvalue weighted by Crippen LogP contribution is 2.29. The van der Waals surface area contributed by atoms with Crippen molar-refractivity contribution in [1.82, 2.24) is 0 Å². The molecular formula is C15H11BrOS. The zero-order chi connectivity index (χ0) is 12.5. The number of aliphatic hydroxyl groups excluding tert-OH is 1. The second-order valence-electron chi connectivity index (χ2n) is 4.17. The number of fused-ring (bicyclic) bond motifs is 1. The van der Waals surface area contributed by atoms with Gasteiger partial charge in [-0.25, -0.2) is 0 Å². The van der Waals surface area contributed by atoms with E-state index >= 15 is 0 Å². The molecule has 3 aromatic rings. The van der Waals surface area contributed by atoms with Crippen LogP contribution in [0.2, 0.25) is 0 Å². The lowest BCUT2D eigenvalue weighted by molar-refractivity contribution is 0.224. The molecule has 1 atom stereocenters. The lowest BCUT2D eigenvalue weighted by Gasteiger charge is -2.10. The van der Waals surface area contributed by atoms with Crippen molar-refractivity contribution >= 4 is 38.0 Å². The smallest absolute Gasteiger partial charge is 0.113 e. The Hall–Kier alpha value is -1.16. The van der Waals surface area contributed by atoms with Gasteiger partial charge in [0, 0.05) is 9.35 Å². The van der Waals surface area contributed by atoms with Crippen molar-refractivity contribution in [3.8, 4) is 0 Å². The Morgan fingerprint density at radius 2 is 1.78 bits per heavy atom. The normalized spacial score (nSPS) is 12.8. The lowest BCUT2D eigenvalue weighted by Crippen LogP contribution is -1.96. The molecule has 1 nitrogen and oxygen atoms in total. The molecule has 0 aliphatic heterocycles. The van der Waals surface area contributed by atoms with Gasteiger partial charge in [0.1, 0.15) is 6.10 Å². The summed E-state index contributed by atoms with van der Waals surface area (Å²) in [5.74, 6) is 0. The number of hydrogen-bond acceptors (Lipinski definition) is 2. The van der Waals surface area contributed by atoms with Crippen LogP contribution in [0.15, 0.2) is 58.4 Å². The molecule has 0 saturated heterocycles. The van der Waals surface area contributed by atoms with Crippen molar-refractivity contribution < 1.29 is 5.11 Å². The van der Waals surface area contributed by atoms with Gasteiger partial charge in [-0.2, -0.15) is 0 Å². The number of hydrogen-bond donors (Lipinski definition) is 1. The molecule has 18 heavy (non-hydrogen) atoms. The first-order valence-corrected chi connectivity index (χ1v) is 7.32. The highest BCUT2D eigenvalue weighted by Gasteiger charge is 2.11. The molecule has 2 aromatic carbocycles. The Morgan fingerprint density at radius 1 is 1.00 bits per heavy atom. The molecule has 0 aliphatic carbocycles. The Labute approximate surface area is 118 Å². The van der Waals surface area contributed by atoms with Crippen molar-refractivity contribution in [1.29, 1.82) is 0 Å². The van der Waals surface area contributed by atoms with Gasteiger partial charge in [0.25, 0.3) is 0 Å². The van der Waals surface area contributed by atoms with Crippen LogP contribution in [0.25, 0.3) is 10.8 Å². The van der Waals surface area contributed by atoms with E-state index in [1.807, 2.05) is 41.8 Å². The highest BCUT2D eigenvalue weighted by atomic mass is 79.9. The van der Waals surface area contributed by atoms with Crippen LogP contribution in [0.3, 0.4) is 0 Å². The third-order valence-corrected chi connectivity index (χ3v) is 4.37. The maximum atomic E-state index is 10.3. The van der Waals surface area contributed by atoms with E-state index in [1.165, 1.54) is 5.39 Å². The Bertz CT molecular complexity index is 676. The average Bonchev–Trinajstić information content (AvgIpc) is 2.91. The van der Waals surface area contributed by atoms with Crippen molar-refractivity contribution in [2.24, 2.45) is 0 Å². The van der Waals surface area contributed by atoms with E-state index in [-0.39, 0.29) is 0 Å². The second-order valence-corrected chi connectivity index (χ2v) is 6.06. The van der Waals surface area contributed by atoms with E-state index < -0.39 is 6.10 Å². The molecule has 0 fully saturated rings. The van der Waals surface area contributed by atoms with Gasteiger partial charge in [-0.3, -0.25) is 0 Å². The van der Waals surface area contributed by atoms with Gasteiger partial charge in [-0.1, -0.05) is 40.2 Å². The van der Waals surface area contributed by atoms with Gasteiger partial charge in [0.15, 0.2) is 0 Å². The number of benzene rings is 2. The maximum absolute atomic E-state index is 10.3. The number of aliphatic hydroxyl groups is 1. The van der Waals surface area contributed by atoms with Crippen LogP contribution in [-0.4, -0.2) is 5.11 Å². The van der Waals surface area contributed by atoms with Crippen LogP contribution in [0.4, 0.5) is 0 Å². The van der Waals surface area contributed by atoms with Gasteiger partial charge < -0.3 is 5.11 Å². The molecule has 0 aliphatic rings. The van der Waals surface area contributed by atoms with Gasteiger partial charge in [-0.15, -0.1) is 11.3 Å². The van der Waals surface area contributed by atoms with Crippen LogP contribution >= 0.6 is 27.3 Å². The van der Waals surface area contributed by atoms with Gasteiger partial charge in [-0.05, 0) is 46.0 Å². The predicted octanol–water partition coefficient (Wildman–Crippen LogP) is 4.75. The minimum absolute atomic E-state index is 0.530. The minimum Gasteiger partial charge on any atom is -0.383 e. The first-order valence-electron chi connectivity index (χ1n) is 5.65. The first-order chi connectivity index (χ1) is 8.74. The topological polar surface area (TPSA) is 20.2 Å². The van der Waals surface area contributed by atoms with Crippen LogP contribution in [-0.2, 0) is 0 Å². The fourth-order valence-corrected chi connectivity index (χ4v) is 3.13. The number of thiophene rings is 1. The van der Waals surface area contributed by atoms with Crippen molar-refractivity contribution in [3.05, 3.63) is 68.8 Å². The van der Waals surface area contributed by atoms with Crippen LogP contribution in [0, 0.1) is 0 Å². The summed E-state index contributed by atoms with van der Waals surface area (Å²) >= 11 is 5.04. The summed E-state index contributed by atoms with van der Waals surface area (Å²) in [6.45, 7) is 0. The van der Waals surface area contributed by atoms with Crippen molar-refractivity contribution in [3.63, 3.8) is 0 Å². The molecule has 0 amide bonds. The molecule has 3 heteroatoms. The van der Waals surface area contributed by atoms with Crippen molar-refractivity contribution in [2.45, 2.75) is 6.10 Å². The van der Waals surface area contributed by atoms with Crippen LogP contribution < -0.4 is 0 Å². The van der Waals surface area contributed by atoms with Crippen LogP contribution in [0.1, 0.15) is 16.5 Å². The number of rotatable bonds is 2. The Balaban J connectivity index is 2.06. The summed E-state index contributed by atoms with van der Waals surface area (Å²) in [4.78, 5) is 0.978. The molecule has 1 N–H and O–H groups in total. The molecule has 90 valence electrons. The fourth-order valence-electron chi connectivity index (χ4n) is 2.02. The first kappa shape index (κ1) is 11.9. The maximum Gasteiger partial charge on any atom is 0.113 e. The summed E-state index contributed by atoms with van der Waals surface area (Å²) in [5.41, 5.74) is 0.937. The fraction of sp³-hybridized carbons (Fsp3) is 0.0667. The summed E-state index contributed by atoms with van der Waals surface area (Å²) in [6, 6.07) is 16.2. The molecule has 1 heterocycles. The standard InChI is InChI=1S/C15H11BrOS/c16-13-6-5-10-8-12(4-3-11(10)9-13)15(17)14-2-1-7-18-14/h1-9,15,17H. The minimum atomic E-state index is -0.530. The average molecular weight is 319 g/mol. The zero-order valence-corrected chi connectivity index (χ0v) is 11.9. The zero-order valence-electron chi connectivity index (χ0n) is 9.51. The van der Waals surface area contributed by atoms with Crippen LogP contribution in [0.5, 0.6) is 0 Å². The van der Waals surface area contributed by atoms with Gasteiger partial charge in [0.2, 0.25) is 0 Å². The molecule has 1 unspecified atom stereocenters. The van der Waals surface area contributed by atoms with Crippen molar-refractivity contribution in [2.75, 3.05) is 0 Å². The van der Waals surface area contributed by atoms with E-state index in [0.29, 0.717) is 0 Å². The molecule has 1 aromatic heterocycles.